The third kappa shape index (κ3) is 2.12. The van der Waals surface area contributed by atoms with Crippen molar-refractivity contribution in [2.45, 2.75) is 12.8 Å². The molecular formula is C15H13N. The molecule has 1 atom stereocenters. The van der Waals surface area contributed by atoms with Crippen molar-refractivity contribution in [3.05, 3.63) is 60.2 Å². The van der Waals surface area contributed by atoms with Crippen LogP contribution in [0.4, 0.5) is 0 Å². The molecule has 1 nitrogen and oxygen atoms in total. The van der Waals surface area contributed by atoms with Gasteiger partial charge in [0.05, 0.1) is 12.0 Å². The molecular weight excluding hydrogens is 194 g/mol. The van der Waals surface area contributed by atoms with Crippen LogP contribution in [-0.4, -0.2) is 0 Å². The van der Waals surface area contributed by atoms with E-state index in [9.17, 15) is 0 Å². The first kappa shape index (κ1) is 10.4. The molecule has 0 radical (unpaired) electrons. The maximum atomic E-state index is 8.82. The quantitative estimate of drug-likeness (QED) is 0.730. The van der Waals surface area contributed by atoms with Gasteiger partial charge in [0, 0.05) is 0 Å². The molecule has 0 heterocycles. The minimum absolute atomic E-state index is 0.0372. The van der Waals surface area contributed by atoms with Crippen molar-refractivity contribution in [3.8, 4) is 17.2 Å². The molecule has 0 aromatic heterocycles. The summed E-state index contributed by atoms with van der Waals surface area (Å²) in [5.74, 6) is -0.0372. The molecule has 1 unspecified atom stereocenters. The number of rotatable bonds is 2. The molecule has 0 fully saturated rings. The van der Waals surface area contributed by atoms with E-state index in [1.165, 1.54) is 11.1 Å². The zero-order chi connectivity index (χ0) is 11.4. The van der Waals surface area contributed by atoms with Crippen LogP contribution in [0, 0.1) is 11.3 Å². The SMILES string of the molecule is CC(C#N)c1ccc(-c2ccccc2)cc1. The Hall–Kier alpha value is -2.07. The van der Waals surface area contributed by atoms with Crippen LogP contribution in [0.15, 0.2) is 54.6 Å². The molecule has 1 heteroatoms. The Labute approximate surface area is 96.0 Å². The average Bonchev–Trinajstić information content (AvgIpc) is 2.39. The Morgan fingerprint density at radius 2 is 1.44 bits per heavy atom. The fourth-order valence-corrected chi connectivity index (χ4v) is 1.67. The molecule has 0 spiro atoms. The zero-order valence-electron chi connectivity index (χ0n) is 9.22. The first-order chi connectivity index (χ1) is 7.81. The van der Waals surface area contributed by atoms with Crippen molar-refractivity contribution in [1.29, 1.82) is 5.26 Å². The van der Waals surface area contributed by atoms with E-state index in [2.05, 4.69) is 30.3 Å². The number of hydrogen-bond donors (Lipinski definition) is 0. The van der Waals surface area contributed by atoms with Crippen LogP contribution in [0.5, 0.6) is 0 Å². The van der Waals surface area contributed by atoms with E-state index < -0.39 is 0 Å². The average molecular weight is 207 g/mol. The Kier molecular flexibility index (Phi) is 3.03. The fraction of sp³-hybridized carbons (Fsp3) is 0.133. The van der Waals surface area contributed by atoms with Gasteiger partial charge in [-0.1, -0.05) is 54.6 Å². The fourth-order valence-electron chi connectivity index (χ4n) is 1.67. The van der Waals surface area contributed by atoms with Gasteiger partial charge in [-0.25, -0.2) is 0 Å². The monoisotopic (exact) mass is 207 g/mol. The number of benzene rings is 2. The van der Waals surface area contributed by atoms with Crippen LogP contribution in [-0.2, 0) is 0 Å². The van der Waals surface area contributed by atoms with Crippen LogP contribution in [0.3, 0.4) is 0 Å². The van der Waals surface area contributed by atoms with Crippen molar-refractivity contribution in [1.82, 2.24) is 0 Å². The lowest BCUT2D eigenvalue weighted by Crippen LogP contribution is -1.88. The van der Waals surface area contributed by atoms with Gasteiger partial charge in [-0.05, 0) is 23.6 Å². The Morgan fingerprint density at radius 1 is 0.875 bits per heavy atom. The molecule has 78 valence electrons. The van der Waals surface area contributed by atoms with Gasteiger partial charge in [0.25, 0.3) is 0 Å². The highest BCUT2D eigenvalue weighted by Gasteiger charge is 2.03. The van der Waals surface area contributed by atoms with Crippen molar-refractivity contribution >= 4 is 0 Å². The molecule has 0 saturated carbocycles. The van der Waals surface area contributed by atoms with Crippen LogP contribution in [0.1, 0.15) is 18.4 Å². The van der Waals surface area contributed by atoms with Crippen LogP contribution < -0.4 is 0 Å². The van der Waals surface area contributed by atoms with Crippen LogP contribution in [0.25, 0.3) is 11.1 Å². The van der Waals surface area contributed by atoms with Crippen molar-refractivity contribution in [2.75, 3.05) is 0 Å². The standard InChI is InChI=1S/C15H13N/c1-12(11-16)13-7-9-15(10-8-13)14-5-3-2-4-6-14/h2-10,12H,1H3. The molecule has 0 amide bonds. The lowest BCUT2D eigenvalue weighted by atomic mass is 9.98. The summed E-state index contributed by atoms with van der Waals surface area (Å²) in [6.45, 7) is 1.91. The maximum absolute atomic E-state index is 8.82. The van der Waals surface area contributed by atoms with E-state index in [1.54, 1.807) is 0 Å². The maximum Gasteiger partial charge on any atom is 0.0700 e. The summed E-state index contributed by atoms with van der Waals surface area (Å²) in [5.41, 5.74) is 3.47. The predicted molar refractivity (Wildman–Crippen MR) is 65.9 cm³/mol. The van der Waals surface area contributed by atoms with E-state index >= 15 is 0 Å². The van der Waals surface area contributed by atoms with Crippen LogP contribution >= 0.6 is 0 Å². The highest BCUT2D eigenvalue weighted by Crippen LogP contribution is 2.22. The minimum Gasteiger partial charge on any atom is -0.198 e. The summed E-state index contributed by atoms with van der Waals surface area (Å²) in [7, 11) is 0. The van der Waals surface area contributed by atoms with Crippen molar-refractivity contribution < 1.29 is 0 Å². The summed E-state index contributed by atoms with van der Waals surface area (Å²) in [5, 5.41) is 8.82. The van der Waals surface area contributed by atoms with E-state index in [0.29, 0.717) is 0 Å². The Balaban J connectivity index is 2.31. The van der Waals surface area contributed by atoms with Gasteiger partial charge >= 0.3 is 0 Å². The number of hydrogen-bond acceptors (Lipinski definition) is 1. The lowest BCUT2D eigenvalue weighted by molar-refractivity contribution is 0.982. The molecule has 2 aromatic carbocycles. The van der Waals surface area contributed by atoms with Gasteiger partial charge in [0.1, 0.15) is 0 Å². The molecule has 0 aliphatic carbocycles. The van der Waals surface area contributed by atoms with E-state index in [4.69, 9.17) is 5.26 Å². The number of nitriles is 1. The summed E-state index contributed by atoms with van der Waals surface area (Å²) in [4.78, 5) is 0. The first-order valence-corrected chi connectivity index (χ1v) is 5.36. The summed E-state index contributed by atoms with van der Waals surface area (Å²) in [6, 6.07) is 20.7. The van der Waals surface area contributed by atoms with Gasteiger partial charge in [-0.2, -0.15) is 5.26 Å². The highest BCUT2D eigenvalue weighted by atomic mass is 14.3. The number of nitrogens with zero attached hydrogens (tertiary/aromatic N) is 1. The summed E-state index contributed by atoms with van der Waals surface area (Å²) >= 11 is 0. The Bertz CT molecular complexity index is 491. The van der Waals surface area contributed by atoms with Crippen molar-refractivity contribution in [3.63, 3.8) is 0 Å². The van der Waals surface area contributed by atoms with Gasteiger partial charge in [-0.3, -0.25) is 0 Å². The molecule has 0 saturated heterocycles. The zero-order valence-corrected chi connectivity index (χ0v) is 9.22. The van der Waals surface area contributed by atoms with Gasteiger partial charge < -0.3 is 0 Å². The molecule has 0 N–H and O–H groups in total. The largest absolute Gasteiger partial charge is 0.198 e. The third-order valence-electron chi connectivity index (χ3n) is 2.71. The predicted octanol–water partition coefficient (Wildman–Crippen LogP) is 3.98. The van der Waals surface area contributed by atoms with E-state index in [1.807, 2.05) is 37.3 Å². The van der Waals surface area contributed by atoms with Gasteiger partial charge in [-0.15, -0.1) is 0 Å². The second-order valence-corrected chi connectivity index (χ2v) is 3.84. The van der Waals surface area contributed by atoms with Gasteiger partial charge in [0.2, 0.25) is 0 Å². The molecule has 2 aromatic rings. The topological polar surface area (TPSA) is 23.8 Å². The molecule has 0 bridgehead atoms. The molecule has 0 aliphatic heterocycles. The summed E-state index contributed by atoms with van der Waals surface area (Å²) in [6.07, 6.45) is 0. The smallest absolute Gasteiger partial charge is 0.0700 e. The van der Waals surface area contributed by atoms with Gasteiger partial charge in [0.15, 0.2) is 0 Å². The van der Waals surface area contributed by atoms with Crippen molar-refractivity contribution in [2.24, 2.45) is 0 Å². The minimum atomic E-state index is -0.0372. The third-order valence-corrected chi connectivity index (χ3v) is 2.71. The van der Waals surface area contributed by atoms with E-state index in [0.717, 1.165) is 5.56 Å². The molecule has 2 rings (SSSR count). The summed E-state index contributed by atoms with van der Waals surface area (Å²) < 4.78 is 0. The first-order valence-electron chi connectivity index (χ1n) is 5.36. The Morgan fingerprint density at radius 3 is 2.00 bits per heavy atom. The van der Waals surface area contributed by atoms with Crippen LogP contribution in [0.2, 0.25) is 0 Å². The second kappa shape index (κ2) is 4.63. The molecule has 0 aliphatic rings. The second-order valence-electron chi connectivity index (χ2n) is 3.84. The molecule has 16 heavy (non-hydrogen) atoms. The van der Waals surface area contributed by atoms with E-state index in [-0.39, 0.29) is 5.92 Å². The highest BCUT2D eigenvalue weighted by molar-refractivity contribution is 5.63. The lowest BCUT2D eigenvalue weighted by Gasteiger charge is -2.05. The normalized spacial score (nSPS) is 11.8.